The number of nitriles is 1. The highest BCUT2D eigenvalue weighted by Crippen LogP contribution is 2.17. The van der Waals surface area contributed by atoms with Gasteiger partial charge in [0.25, 0.3) is 5.91 Å². The SMILES string of the molecule is CCOC1C(=O)N(C)C(=O)N1C.[C-]#[N+]c1cn(C)cc1C#N. The first-order valence-electron chi connectivity index (χ1n) is 6.46. The molecular weight excluding hydrogens is 286 g/mol. The van der Waals surface area contributed by atoms with Crippen LogP contribution in [0.3, 0.4) is 0 Å². The molecule has 2 rings (SSSR count). The smallest absolute Gasteiger partial charge is 0.328 e. The minimum Gasteiger partial charge on any atom is -0.367 e. The van der Waals surface area contributed by atoms with Crippen LogP contribution in [0.5, 0.6) is 0 Å². The molecule has 1 aliphatic rings. The summed E-state index contributed by atoms with van der Waals surface area (Å²) in [5.74, 6) is -0.302. The van der Waals surface area contributed by atoms with Gasteiger partial charge in [-0.25, -0.2) is 9.64 Å². The van der Waals surface area contributed by atoms with E-state index in [1.165, 1.54) is 11.9 Å². The summed E-state index contributed by atoms with van der Waals surface area (Å²) in [6.07, 6.45) is 2.53. The molecule has 3 amide bonds. The fraction of sp³-hybridized carbons (Fsp3) is 0.429. The van der Waals surface area contributed by atoms with Crippen molar-refractivity contribution in [3.8, 4) is 6.07 Å². The summed E-state index contributed by atoms with van der Waals surface area (Å²) in [4.78, 5) is 27.9. The van der Waals surface area contributed by atoms with Gasteiger partial charge >= 0.3 is 6.03 Å². The van der Waals surface area contributed by atoms with Crippen LogP contribution in [0, 0.1) is 17.9 Å². The fourth-order valence-corrected chi connectivity index (χ4v) is 1.85. The van der Waals surface area contributed by atoms with Crippen LogP contribution < -0.4 is 0 Å². The van der Waals surface area contributed by atoms with Crippen molar-refractivity contribution >= 4 is 17.6 Å². The highest BCUT2D eigenvalue weighted by atomic mass is 16.5. The average molecular weight is 303 g/mol. The first-order chi connectivity index (χ1) is 10.4. The van der Waals surface area contributed by atoms with Gasteiger partial charge in [-0.3, -0.25) is 14.6 Å². The highest BCUT2D eigenvalue weighted by Gasteiger charge is 2.41. The number of nitrogens with zero attached hydrogens (tertiary/aromatic N) is 5. The Hall–Kier alpha value is -2.84. The van der Waals surface area contributed by atoms with E-state index >= 15 is 0 Å². The van der Waals surface area contributed by atoms with Gasteiger partial charge in [-0.05, 0) is 6.92 Å². The molecule has 2 heterocycles. The maximum Gasteiger partial charge on any atom is 0.328 e. The standard InChI is InChI=1S/C7H5N3.C7H12N2O3/c1-9-7-5-10(2)4-6(7)3-8;1-4-12-6-5(10)8(2)7(11)9(6)3/h4-5H,2H3;6H,4H2,1-3H3. The summed E-state index contributed by atoms with van der Waals surface area (Å²) in [6.45, 7) is 8.86. The lowest BCUT2D eigenvalue weighted by Gasteiger charge is -2.14. The third kappa shape index (κ3) is 3.43. The summed E-state index contributed by atoms with van der Waals surface area (Å²) in [6, 6.07) is 1.61. The van der Waals surface area contributed by atoms with Crippen molar-refractivity contribution < 1.29 is 14.3 Å². The number of carbonyl (C=O) groups is 2. The Bertz CT molecular complexity index is 621. The van der Waals surface area contributed by atoms with Crippen LogP contribution >= 0.6 is 0 Å². The first-order valence-corrected chi connectivity index (χ1v) is 6.46. The number of urea groups is 1. The second-order valence-corrected chi connectivity index (χ2v) is 4.54. The summed E-state index contributed by atoms with van der Waals surface area (Å²) >= 11 is 0. The van der Waals surface area contributed by atoms with Crippen molar-refractivity contribution in [1.29, 1.82) is 5.26 Å². The number of rotatable bonds is 2. The molecule has 1 aromatic heterocycles. The van der Waals surface area contributed by atoms with Crippen molar-refractivity contribution in [3.05, 3.63) is 29.4 Å². The molecule has 116 valence electrons. The lowest BCUT2D eigenvalue weighted by Crippen LogP contribution is -2.33. The van der Waals surface area contributed by atoms with E-state index in [2.05, 4.69) is 4.85 Å². The zero-order chi connectivity index (χ0) is 16.9. The Balaban J connectivity index is 0.000000224. The molecule has 0 N–H and O–H groups in total. The quantitative estimate of drug-likeness (QED) is 0.609. The number of ether oxygens (including phenoxy) is 1. The van der Waals surface area contributed by atoms with E-state index in [0.29, 0.717) is 17.9 Å². The molecule has 8 heteroatoms. The number of hydrogen-bond donors (Lipinski definition) is 0. The van der Waals surface area contributed by atoms with Gasteiger partial charge in [0, 0.05) is 40.1 Å². The maximum atomic E-state index is 11.3. The molecule has 1 unspecified atom stereocenters. The van der Waals surface area contributed by atoms with E-state index < -0.39 is 6.23 Å². The lowest BCUT2D eigenvalue weighted by atomic mass is 10.3. The number of aryl methyl sites for hydroxylation is 1. The third-order valence-electron chi connectivity index (χ3n) is 2.98. The van der Waals surface area contributed by atoms with Crippen molar-refractivity contribution in [2.75, 3.05) is 20.7 Å². The Kier molecular flexibility index (Phi) is 5.67. The van der Waals surface area contributed by atoms with Crippen LogP contribution in [0.15, 0.2) is 12.4 Å². The van der Waals surface area contributed by atoms with Gasteiger partial charge in [0.15, 0.2) is 0 Å². The molecule has 1 aromatic rings. The molecule has 8 nitrogen and oxygen atoms in total. The monoisotopic (exact) mass is 303 g/mol. The Morgan fingerprint density at radius 3 is 2.36 bits per heavy atom. The molecule has 0 spiro atoms. The second-order valence-electron chi connectivity index (χ2n) is 4.54. The molecule has 0 saturated carbocycles. The van der Waals surface area contributed by atoms with Crippen LogP contribution in [0.25, 0.3) is 4.85 Å². The predicted octanol–water partition coefficient (Wildman–Crippen LogP) is 1.32. The zero-order valence-electron chi connectivity index (χ0n) is 12.9. The van der Waals surface area contributed by atoms with Gasteiger partial charge in [-0.15, -0.1) is 0 Å². The van der Waals surface area contributed by atoms with Crippen molar-refractivity contribution in [3.63, 3.8) is 0 Å². The zero-order valence-corrected chi connectivity index (χ0v) is 12.9. The molecule has 1 fully saturated rings. The van der Waals surface area contributed by atoms with Crippen LogP contribution in [-0.2, 0) is 16.6 Å². The van der Waals surface area contributed by atoms with Gasteiger partial charge in [0.05, 0.1) is 18.2 Å². The Morgan fingerprint density at radius 1 is 1.36 bits per heavy atom. The molecule has 0 aliphatic carbocycles. The predicted molar refractivity (Wildman–Crippen MR) is 77.7 cm³/mol. The number of hydrogen-bond acceptors (Lipinski definition) is 4. The second kappa shape index (κ2) is 7.25. The van der Waals surface area contributed by atoms with Crippen LogP contribution in [-0.4, -0.2) is 53.2 Å². The normalized spacial score (nSPS) is 16.9. The fourth-order valence-electron chi connectivity index (χ4n) is 1.85. The number of carbonyl (C=O) groups excluding carboxylic acids is 2. The molecule has 22 heavy (non-hydrogen) atoms. The molecule has 1 saturated heterocycles. The largest absolute Gasteiger partial charge is 0.367 e. The van der Waals surface area contributed by atoms with E-state index in [4.69, 9.17) is 16.6 Å². The minimum absolute atomic E-state index is 0.302. The van der Waals surface area contributed by atoms with Crippen molar-refractivity contribution in [1.82, 2.24) is 14.4 Å². The van der Waals surface area contributed by atoms with Gasteiger partial charge in [-0.2, -0.15) is 5.26 Å². The molecule has 1 atom stereocenters. The molecule has 0 aromatic carbocycles. The Morgan fingerprint density at radius 2 is 2.00 bits per heavy atom. The van der Waals surface area contributed by atoms with Gasteiger partial charge in [-0.1, -0.05) is 0 Å². The van der Waals surface area contributed by atoms with E-state index in [0.717, 1.165) is 4.90 Å². The molecule has 0 radical (unpaired) electrons. The van der Waals surface area contributed by atoms with Crippen molar-refractivity contribution in [2.24, 2.45) is 7.05 Å². The van der Waals surface area contributed by atoms with Gasteiger partial charge < -0.3 is 9.30 Å². The minimum atomic E-state index is -0.729. The van der Waals surface area contributed by atoms with Crippen LogP contribution in [0.4, 0.5) is 10.5 Å². The summed E-state index contributed by atoms with van der Waals surface area (Å²) < 4.78 is 6.78. The van der Waals surface area contributed by atoms with Crippen LogP contribution in [0.1, 0.15) is 12.5 Å². The van der Waals surface area contributed by atoms with E-state index in [1.807, 2.05) is 6.07 Å². The average Bonchev–Trinajstić information content (AvgIpc) is 2.97. The topological polar surface area (TPSA) is 82.9 Å². The van der Waals surface area contributed by atoms with Crippen molar-refractivity contribution in [2.45, 2.75) is 13.2 Å². The lowest BCUT2D eigenvalue weighted by molar-refractivity contribution is -0.139. The summed E-state index contributed by atoms with van der Waals surface area (Å²) in [7, 11) is 4.78. The molecule has 0 bridgehead atoms. The van der Waals surface area contributed by atoms with Gasteiger partial charge in [0.1, 0.15) is 0 Å². The molecular formula is C14H17N5O3. The third-order valence-corrected chi connectivity index (χ3v) is 2.98. The van der Waals surface area contributed by atoms with E-state index in [9.17, 15) is 9.59 Å². The first kappa shape index (κ1) is 17.2. The number of likely N-dealkylation sites (N-methyl/N-ethyl adjacent to an activating group) is 2. The highest BCUT2D eigenvalue weighted by molar-refractivity contribution is 6.02. The number of amides is 3. The summed E-state index contributed by atoms with van der Waals surface area (Å²) in [5, 5.41) is 8.46. The number of aromatic nitrogens is 1. The molecule has 1 aliphatic heterocycles. The van der Waals surface area contributed by atoms with E-state index in [1.54, 1.807) is 38.0 Å². The van der Waals surface area contributed by atoms with E-state index in [-0.39, 0.29) is 11.9 Å². The van der Waals surface area contributed by atoms with Crippen LogP contribution in [0.2, 0.25) is 0 Å². The maximum absolute atomic E-state index is 11.3. The summed E-state index contributed by atoms with van der Waals surface area (Å²) in [5.41, 5.74) is 0.863. The number of imide groups is 1. The Labute approximate surface area is 128 Å². The van der Waals surface area contributed by atoms with Gasteiger partial charge in [0.2, 0.25) is 11.9 Å².